The van der Waals surface area contributed by atoms with Crippen LogP contribution < -0.4 is 5.32 Å². The van der Waals surface area contributed by atoms with Gasteiger partial charge in [-0.05, 0) is 52.5 Å². The van der Waals surface area contributed by atoms with Gasteiger partial charge in [0, 0.05) is 30.5 Å². The molecule has 0 amide bonds. The minimum absolute atomic E-state index is 0.0803. The van der Waals surface area contributed by atoms with Gasteiger partial charge in [-0.1, -0.05) is 0 Å². The molecule has 20 heavy (non-hydrogen) atoms. The molecule has 0 saturated heterocycles. The Morgan fingerprint density at radius 2 is 2.05 bits per heavy atom. The molecule has 1 aliphatic rings. The second kappa shape index (κ2) is 5.66. The molecule has 1 saturated carbocycles. The first-order chi connectivity index (χ1) is 9.63. The predicted octanol–water partition coefficient (Wildman–Crippen LogP) is 3.83. The molecule has 1 fully saturated rings. The molecule has 2 nitrogen and oxygen atoms in total. The van der Waals surface area contributed by atoms with Crippen LogP contribution in [0.1, 0.15) is 24.0 Å². The fourth-order valence-electron chi connectivity index (χ4n) is 2.14. The third-order valence-electron chi connectivity index (χ3n) is 3.46. The van der Waals surface area contributed by atoms with Crippen LogP contribution in [0.25, 0.3) is 0 Å². The van der Waals surface area contributed by atoms with Gasteiger partial charge in [-0.25, -0.2) is 8.78 Å². The normalized spacial score (nSPS) is 14.8. The molecule has 1 N–H and O–H groups in total. The highest BCUT2D eigenvalue weighted by molar-refractivity contribution is 9.10. The molecule has 0 atom stereocenters. The molecule has 0 aliphatic heterocycles. The second-order valence-corrected chi connectivity index (χ2v) is 6.02. The molecule has 3 rings (SSSR count). The Morgan fingerprint density at radius 1 is 1.25 bits per heavy atom. The van der Waals surface area contributed by atoms with E-state index in [1.807, 2.05) is 18.5 Å². The fraction of sp³-hybridized carbons (Fsp3) is 0.333. The van der Waals surface area contributed by atoms with Crippen molar-refractivity contribution in [2.45, 2.75) is 32.0 Å². The molecule has 5 heteroatoms. The summed E-state index contributed by atoms with van der Waals surface area (Å²) in [5, 5.41) is 3.41. The highest BCUT2D eigenvalue weighted by Crippen LogP contribution is 2.23. The molecule has 0 bridgehead atoms. The summed E-state index contributed by atoms with van der Waals surface area (Å²) in [6, 6.07) is 5.29. The number of halogens is 3. The van der Waals surface area contributed by atoms with E-state index in [1.54, 1.807) is 4.57 Å². The van der Waals surface area contributed by atoms with Gasteiger partial charge in [-0.2, -0.15) is 0 Å². The van der Waals surface area contributed by atoms with Crippen LogP contribution in [-0.4, -0.2) is 10.6 Å². The van der Waals surface area contributed by atoms with Gasteiger partial charge in [-0.15, -0.1) is 0 Å². The number of nitrogens with zero attached hydrogens (tertiary/aromatic N) is 1. The topological polar surface area (TPSA) is 17.0 Å². The summed E-state index contributed by atoms with van der Waals surface area (Å²) in [6.07, 6.45) is 6.27. The summed E-state index contributed by atoms with van der Waals surface area (Å²) in [7, 11) is 0. The second-order valence-electron chi connectivity index (χ2n) is 5.17. The van der Waals surface area contributed by atoms with Gasteiger partial charge in [0.05, 0.1) is 11.0 Å². The molecule has 0 unspecified atom stereocenters. The third kappa shape index (κ3) is 3.10. The summed E-state index contributed by atoms with van der Waals surface area (Å²) in [4.78, 5) is 0. The number of nitrogens with one attached hydrogen (secondary N) is 1. The van der Waals surface area contributed by atoms with E-state index in [-0.39, 0.29) is 16.6 Å². The van der Waals surface area contributed by atoms with E-state index in [0.29, 0.717) is 6.04 Å². The van der Waals surface area contributed by atoms with Gasteiger partial charge < -0.3 is 9.88 Å². The molecule has 1 aromatic heterocycles. The average molecular weight is 341 g/mol. The Balaban J connectivity index is 1.72. The quantitative estimate of drug-likeness (QED) is 0.818. The third-order valence-corrected chi connectivity index (χ3v) is 4.08. The van der Waals surface area contributed by atoms with Crippen molar-refractivity contribution >= 4 is 15.9 Å². The first-order valence-electron chi connectivity index (χ1n) is 6.64. The Labute approximate surface area is 124 Å². The van der Waals surface area contributed by atoms with E-state index in [0.717, 1.165) is 12.1 Å². The van der Waals surface area contributed by atoms with Gasteiger partial charge in [-0.3, -0.25) is 0 Å². The zero-order chi connectivity index (χ0) is 14.1. The first-order valence-corrected chi connectivity index (χ1v) is 7.43. The van der Waals surface area contributed by atoms with Crippen molar-refractivity contribution in [3.63, 3.8) is 0 Å². The van der Waals surface area contributed by atoms with Crippen LogP contribution in [0, 0.1) is 11.6 Å². The van der Waals surface area contributed by atoms with E-state index < -0.39 is 11.6 Å². The summed E-state index contributed by atoms with van der Waals surface area (Å²) in [5.41, 5.74) is 1.21. The molecule has 2 aromatic rings. The lowest BCUT2D eigenvalue weighted by Crippen LogP contribution is -2.14. The summed E-state index contributed by atoms with van der Waals surface area (Å²) in [5.74, 6) is -1.05. The van der Waals surface area contributed by atoms with Crippen LogP contribution in [0.5, 0.6) is 0 Å². The Kier molecular flexibility index (Phi) is 3.89. The predicted molar refractivity (Wildman–Crippen MR) is 77.5 cm³/mol. The van der Waals surface area contributed by atoms with Crippen molar-refractivity contribution in [2.75, 3.05) is 0 Å². The van der Waals surface area contributed by atoms with Crippen LogP contribution >= 0.6 is 15.9 Å². The Hall–Kier alpha value is -1.20. The molecule has 1 heterocycles. The van der Waals surface area contributed by atoms with Crippen molar-refractivity contribution in [1.82, 2.24) is 9.88 Å². The minimum atomic E-state index is -0.531. The zero-order valence-corrected chi connectivity index (χ0v) is 12.5. The molecule has 0 spiro atoms. The summed E-state index contributed by atoms with van der Waals surface area (Å²) < 4.78 is 29.7. The average Bonchev–Trinajstić information content (AvgIpc) is 3.16. The SMILES string of the molecule is Fc1ccc(Br)c(F)c1Cn1ccc(CNC2CC2)c1. The Bertz CT molecular complexity index is 620. The van der Waals surface area contributed by atoms with Gasteiger partial charge in [0.1, 0.15) is 11.6 Å². The maximum atomic E-state index is 13.9. The number of aromatic nitrogens is 1. The standard InChI is InChI=1S/C15H15BrF2N2/c16-13-3-4-14(17)12(15(13)18)9-20-6-5-10(8-20)7-19-11-1-2-11/h3-6,8,11,19H,1-2,7,9H2. The van der Waals surface area contributed by atoms with Gasteiger partial charge >= 0.3 is 0 Å². The maximum absolute atomic E-state index is 13.9. The van der Waals surface area contributed by atoms with Gasteiger partial charge in [0.2, 0.25) is 0 Å². The first kappa shape index (κ1) is 13.8. The zero-order valence-electron chi connectivity index (χ0n) is 10.9. The monoisotopic (exact) mass is 340 g/mol. The van der Waals surface area contributed by atoms with E-state index in [9.17, 15) is 8.78 Å². The molecule has 106 valence electrons. The highest BCUT2D eigenvalue weighted by Gasteiger charge is 2.20. The molecular formula is C15H15BrF2N2. The summed E-state index contributed by atoms with van der Waals surface area (Å²) >= 11 is 3.09. The maximum Gasteiger partial charge on any atom is 0.145 e. The number of hydrogen-bond donors (Lipinski definition) is 1. The highest BCUT2D eigenvalue weighted by atomic mass is 79.9. The van der Waals surface area contributed by atoms with E-state index in [1.165, 1.54) is 25.0 Å². The number of hydrogen-bond acceptors (Lipinski definition) is 1. The smallest absolute Gasteiger partial charge is 0.145 e. The van der Waals surface area contributed by atoms with Gasteiger partial charge in [0.15, 0.2) is 0 Å². The van der Waals surface area contributed by atoms with Crippen LogP contribution in [-0.2, 0) is 13.1 Å². The lowest BCUT2D eigenvalue weighted by atomic mass is 10.2. The van der Waals surface area contributed by atoms with Crippen LogP contribution in [0.2, 0.25) is 0 Å². The number of rotatable bonds is 5. The van der Waals surface area contributed by atoms with Crippen molar-refractivity contribution in [3.05, 3.63) is 57.8 Å². The fourth-order valence-corrected chi connectivity index (χ4v) is 2.51. The van der Waals surface area contributed by atoms with E-state index >= 15 is 0 Å². The van der Waals surface area contributed by atoms with Crippen molar-refractivity contribution in [2.24, 2.45) is 0 Å². The molecule has 1 aliphatic carbocycles. The summed E-state index contributed by atoms with van der Waals surface area (Å²) in [6.45, 7) is 1.00. The lowest BCUT2D eigenvalue weighted by molar-refractivity contribution is 0.540. The van der Waals surface area contributed by atoms with Crippen molar-refractivity contribution in [3.8, 4) is 0 Å². The molecule has 0 radical (unpaired) electrons. The van der Waals surface area contributed by atoms with Crippen LogP contribution in [0.4, 0.5) is 8.78 Å². The lowest BCUT2D eigenvalue weighted by Gasteiger charge is -2.07. The Morgan fingerprint density at radius 3 is 2.80 bits per heavy atom. The van der Waals surface area contributed by atoms with Crippen LogP contribution in [0.15, 0.2) is 35.1 Å². The van der Waals surface area contributed by atoms with Crippen molar-refractivity contribution < 1.29 is 8.78 Å². The minimum Gasteiger partial charge on any atom is -0.349 e. The largest absolute Gasteiger partial charge is 0.349 e. The number of benzene rings is 1. The van der Waals surface area contributed by atoms with Crippen LogP contribution in [0.3, 0.4) is 0 Å². The van der Waals surface area contributed by atoms with E-state index in [2.05, 4.69) is 21.2 Å². The van der Waals surface area contributed by atoms with Gasteiger partial charge in [0.25, 0.3) is 0 Å². The van der Waals surface area contributed by atoms with E-state index in [4.69, 9.17) is 0 Å². The van der Waals surface area contributed by atoms with Crippen molar-refractivity contribution in [1.29, 1.82) is 0 Å². The molecule has 1 aromatic carbocycles. The molecular weight excluding hydrogens is 326 g/mol.